The van der Waals surface area contributed by atoms with Crippen molar-refractivity contribution in [1.82, 2.24) is 4.90 Å². The Morgan fingerprint density at radius 2 is 1.96 bits per heavy atom. The summed E-state index contributed by atoms with van der Waals surface area (Å²) in [6.07, 6.45) is 0. The predicted octanol–water partition coefficient (Wildman–Crippen LogP) is 3.89. The third-order valence-corrected chi connectivity index (χ3v) is 4.81. The lowest BCUT2D eigenvalue weighted by Gasteiger charge is -2.17. The van der Waals surface area contributed by atoms with E-state index in [1.165, 1.54) is 6.07 Å². The molecule has 2 aromatic rings. The van der Waals surface area contributed by atoms with Crippen LogP contribution in [0.1, 0.15) is 17.0 Å². The lowest BCUT2D eigenvalue weighted by atomic mass is 9.89. The summed E-state index contributed by atoms with van der Waals surface area (Å²) in [6, 6.07) is 14.6. The Balaban J connectivity index is 1.84. The number of rotatable bonds is 4. The molecule has 2 unspecified atom stereocenters. The Morgan fingerprint density at radius 3 is 2.65 bits per heavy atom. The number of hydrogen-bond acceptors (Lipinski definition) is 2. The number of nitrogens with zero attached hydrogens (tertiary/aromatic N) is 1. The van der Waals surface area contributed by atoms with Gasteiger partial charge in [-0.2, -0.15) is 0 Å². The molecule has 0 aliphatic carbocycles. The van der Waals surface area contributed by atoms with Crippen LogP contribution >= 0.6 is 15.9 Å². The molecule has 1 saturated heterocycles. The number of halogens is 2. The molecular weight excluding hydrogens is 361 g/mol. The fourth-order valence-corrected chi connectivity index (χ4v) is 3.60. The van der Waals surface area contributed by atoms with Gasteiger partial charge >= 0.3 is 5.97 Å². The van der Waals surface area contributed by atoms with Crippen molar-refractivity contribution in [3.05, 3.63) is 69.9 Å². The molecule has 1 N–H and O–H groups in total. The number of carboxylic acid groups (broad SMARTS) is 1. The van der Waals surface area contributed by atoms with Gasteiger partial charge in [-0.15, -0.1) is 0 Å². The van der Waals surface area contributed by atoms with Gasteiger partial charge in [-0.3, -0.25) is 9.69 Å². The molecule has 1 aliphatic heterocycles. The monoisotopic (exact) mass is 377 g/mol. The average molecular weight is 378 g/mol. The van der Waals surface area contributed by atoms with Crippen LogP contribution in [0.25, 0.3) is 0 Å². The van der Waals surface area contributed by atoms with E-state index in [1.807, 2.05) is 30.3 Å². The Kier molecular flexibility index (Phi) is 4.78. The largest absolute Gasteiger partial charge is 0.481 e. The second-order valence-corrected chi connectivity index (χ2v) is 6.81. The molecule has 120 valence electrons. The highest BCUT2D eigenvalue weighted by atomic mass is 79.9. The predicted molar refractivity (Wildman–Crippen MR) is 89.7 cm³/mol. The molecule has 0 bridgehead atoms. The summed E-state index contributed by atoms with van der Waals surface area (Å²) in [4.78, 5) is 13.7. The van der Waals surface area contributed by atoms with Crippen LogP contribution in [-0.2, 0) is 11.3 Å². The SMILES string of the molecule is O=C(O)C1CN(Cc2ccccc2)CC1c1cc(Br)ccc1F. The molecule has 1 aliphatic rings. The van der Waals surface area contributed by atoms with Gasteiger partial charge in [0, 0.05) is 30.0 Å². The maximum absolute atomic E-state index is 14.2. The minimum absolute atomic E-state index is 0.339. The third kappa shape index (κ3) is 3.62. The van der Waals surface area contributed by atoms with Gasteiger partial charge in [-0.1, -0.05) is 46.3 Å². The average Bonchev–Trinajstić information content (AvgIpc) is 2.94. The van der Waals surface area contributed by atoms with Crippen molar-refractivity contribution in [1.29, 1.82) is 0 Å². The summed E-state index contributed by atoms with van der Waals surface area (Å²) in [7, 11) is 0. The minimum atomic E-state index is -0.870. The third-order valence-electron chi connectivity index (χ3n) is 4.32. The van der Waals surface area contributed by atoms with Gasteiger partial charge in [0.2, 0.25) is 0 Å². The molecule has 23 heavy (non-hydrogen) atoms. The van der Waals surface area contributed by atoms with E-state index in [0.717, 1.165) is 10.0 Å². The van der Waals surface area contributed by atoms with E-state index in [0.29, 0.717) is 25.2 Å². The lowest BCUT2D eigenvalue weighted by Crippen LogP contribution is -2.23. The van der Waals surface area contributed by atoms with Crippen LogP contribution in [0.3, 0.4) is 0 Å². The van der Waals surface area contributed by atoms with Crippen molar-refractivity contribution in [2.24, 2.45) is 5.92 Å². The Bertz CT molecular complexity index is 707. The molecule has 1 heterocycles. The molecular formula is C18H17BrFNO2. The smallest absolute Gasteiger partial charge is 0.308 e. The van der Waals surface area contributed by atoms with E-state index >= 15 is 0 Å². The van der Waals surface area contributed by atoms with E-state index in [4.69, 9.17) is 0 Å². The highest BCUT2D eigenvalue weighted by molar-refractivity contribution is 9.10. The first-order chi connectivity index (χ1) is 11.0. The second kappa shape index (κ2) is 6.81. The number of benzene rings is 2. The van der Waals surface area contributed by atoms with Crippen LogP contribution in [0.15, 0.2) is 53.0 Å². The zero-order valence-electron chi connectivity index (χ0n) is 12.5. The molecule has 0 spiro atoms. The maximum Gasteiger partial charge on any atom is 0.308 e. The highest BCUT2D eigenvalue weighted by Crippen LogP contribution is 2.36. The fraction of sp³-hybridized carbons (Fsp3) is 0.278. The quantitative estimate of drug-likeness (QED) is 0.878. The Labute approximate surface area is 142 Å². The van der Waals surface area contributed by atoms with Gasteiger partial charge in [0.05, 0.1) is 5.92 Å². The normalized spacial score (nSPS) is 21.5. The van der Waals surface area contributed by atoms with Crippen molar-refractivity contribution in [2.45, 2.75) is 12.5 Å². The molecule has 5 heteroatoms. The van der Waals surface area contributed by atoms with E-state index in [2.05, 4.69) is 20.8 Å². The first-order valence-corrected chi connectivity index (χ1v) is 8.28. The van der Waals surface area contributed by atoms with E-state index in [9.17, 15) is 14.3 Å². The fourth-order valence-electron chi connectivity index (χ4n) is 3.22. The Hall–Kier alpha value is -1.72. The van der Waals surface area contributed by atoms with Crippen LogP contribution in [0.4, 0.5) is 4.39 Å². The topological polar surface area (TPSA) is 40.5 Å². The number of aliphatic carboxylic acids is 1. The number of carbonyl (C=O) groups is 1. The summed E-state index contributed by atoms with van der Waals surface area (Å²) >= 11 is 3.34. The number of likely N-dealkylation sites (tertiary alicyclic amines) is 1. The molecule has 0 amide bonds. The van der Waals surface area contributed by atoms with Gasteiger partial charge in [0.1, 0.15) is 5.82 Å². The van der Waals surface area contributed by atoms with Gasteiger partial charge in [0.25, 0.3) is 0 Å². The standard InChI is InChI=1S/C18H17BrFNO2/c19-13-6-7-17(20)14(8-13)15-10-21(11-16(15)18(22)23)9-12-4-2-1-3-5-12/h1-8,15-16H,9-11H2,(H,22,23). The zero-order valence-corrected chi connectivity index (χ0v) is 14.0. The number of carboxylic acids is 1. The lowest BCUT2D eigenvalue weighted by molar-refractivity contribution is -0.141. The Morgan fingerprint density at radius 1 is 1.22 bits per heavy atom. The summed E-state index contributed by atoms with van der Waals surface area (Å²) in [5, 5.41) is 9.53. The highest BCUT2D eigenvalue weighted by Gasteiger charge is 2.39. The maximum atomic E-state index is 14.2. The molecule has 1 fully saturated rings. The van der Waals surface area contributed by atoms with Crippen LogP contribution in [0.2, 0.25) is 0 Å². The van der Waals surface area contributed by atoms with Crippen LogP contribution in [-0.4, -0.2) is 29.1 Å². The van der Waals surface area contributed by atoms with E-state index in [1.54, 1.807) is 12.1 Å². The first-order valence-electron chi connectivity index (χ1n) is 7.48. The molecule has 2 atom stereocenters. The summed E-state index contributed by atoms with van der Waals surface area (Å²) in [5.74, 6) is -2.15. The van der Waals surface area contributed by atoms with Crippen molar-refractivity contribution in [3.8, 4) is 0 Å². The summed E-state index contributed by atoms with van der Waals surface area (Å²) in [5.41, 5.74) is 1.61. The van der Waals surface area contributed by atoms with Gasteiger partial charge < -0.3 is 5.11 Å². The molecule has 3 rings (SSSR count). The van der Waals surface area contributed by atoms with Crippen LogP contribution in [0, 0.1) is 11.7 Å². The van der Waals surface area contributed by atoms with Crippen LogP contribution in [0.5, 0.6) is 0 Å². The molecule has 0 radical (unpaired) electrons. The number of hydrogen-bond donors (Lipinski definition) is 1. The zero-order chi connectivity index (χ0) is 16.4. The molecule has 3 nitrogen and oxygen atoms in total. The summed E-state index contributed by atoms with van der Waals surface area (Å²) in [6.45, 7) is 1.65. The van der Waals surface area contributed by atoms with Crippen molar-refractivity contribution in [2.75, 3.05) is 13.1 Å². The van der Waals surface area contributed by atoms with Crippen LogP contribution < -0.4 is 0 Å². The van der Waals surface area contributed by atoms with Gasteiger partial charge in [-0.05, 0) is 29.3 Å². The summed E-state index contributed by atoms with van der Waals surface area (Å²) < 4.78 is 14.9. The molecule has 0 aromatic heterocycles. The van der Waals surface area contributed by atoms with Crippen molar-refractivity contribution < 1.29 is 14.3 Å². The first kappa shape index (κ1) is 16.1. The van der Waals surface area contributed by atoms with Gasteiger partial charge in [0.15, 0.2) is 0 Å². The van der Waals surface area contributed by atoms with E-state index in [-0.39, 0.29) is 11.7 Å². The van der Waals surface area contributed by atoms with Crippen molar-refractivity contribution in [3.63, 3.8) is 0 Å². The van der Waals surface area contributed by atoms with Crippen molar-refractivity contribution >= 4 is 21.9 Å². The van der Waals surface area contributed by atoms with E-state index < -0.39 is 11.9 Å². The van der Waals surface area contributed by atoms with Gasteiger partial charge in [-0.25, -0.2) is 4.39 Å². The second-order valence-electron chi connectivity index (χ2n) is 5.90. The minimum Gasteiger partial charge on any atom is -0.481 e. The molecule has 2 aromatic carbocycles. The molecule has 0 saturated carbocycles.